The molecule has 5 atom stereocenters. The standard InChI is InChI=1S/C22H44N4O/c1-15(2)23-19-11-25(12-20(19)27)18(6)8-7-17(5)24-21-13-26(16(3)4)14-22(21)9-10-22/h15-21,23-24,27H,7-14H2,1-6H3/t17?,18?,19-,20-,21-/m0/s1. The van der Waals surface area contributed by atoms with Gasteiger partial charge in [-0.15, -0.1) is 0 Å². The molecule has 1 spiro atoms. The summed E-state index contributed by atoms with van der Waals surface area (Å²) in [5.74, 6) is 0. The molecule has 1 aliphatic carbocycles. The molecule has 0 bridgehead atoms. The summed E-state index contributed by atoms with van der Waals surface area (Å²) in [7, 11) is 0. The summed E-state index contributed by atoms with van der Waals surface area (Å²) >= 11 is 0. The highest BCUT2D eigenvalue weighted by Gasteiger charge is 2.55. The van der Waals surface area contributed by atoms with Crippen LogP contribution in [-0.2, 0) is 0 Å². The lowest BCUT2D eigenvalue weighted by Gasteiger charge is -2.28. The van der Waals surface area contributed by atoms with E-state index < -0.39 is 0 Å². The van der Waals surface area contributed by atoms with Gasteiger partial charge in [0.25, 0.3) is 0 Å². The van der Waals surface area contributed by atoms with Crippen molar-refractivity contribution in [3.8, 4) is 0 Å². The third kappa shape index (κ3) is 5.24. The van der Waals surface area contributed by atoms with Crippen LogP contribution in [0, 0.1) is 5.41 Å². The first-order valence-corrected chi connectivity index (χ1v) is 11.4. The molecule has 3 rings (SSSR count). The quantitative estimate of drug-likeness (QED) is 0.572. The first-order valence-electron chi connectivity index (χ1n) is 11.4. The second-order valence-corrected chi connectivity index (χ2v) is 10.4. The van der Waals surface area contributed by atoms with Gasteiger partial charge in [-0.1, -0.05) is 13.8 Å². The molecule has 1 saturated carbocycles. The van der Waals surface area contributed by atoms with Crippen molar-refractivity contribution < 1.29 is 5.11 Å². The van der Waals surface area contributed by atoms with Crippen molar-refractivity contribution in [2.24, 2.45) is 5.41 Å². The number of aliphatic hydroxyl groups is 1. The minimum atomic E-state index is -0.236. The van der Waals surface area contributed by atoms with Crippen molar-refractivity contribution in [2.75, 3.05) is 26.2 Å². The molecule has 158 valence electrons. The topological polar surface area (TPSA) is 50.8 Å². The van der Waals surface area contributed by atoms with Crippen LogP contribution in [0.4, 0.5) is 0 Å². The van der Waals surface area contributed by atoms with E-state index in [1.807, 2.05) is 0 Å². The van der Waals surface area contributed by atoms with Gasteiger partial charge in [0, 0.05) is 62.4 Å². The molecule has 0 radical (unpaired) electrons. The average molecular weight is 381 g/mol. The average Bonchev–Trinajstić information content (AvgIpc) is 3.15. The van der Waals surface area contributed by atoms with Gasteiger partial charge >= 0.3 is 0 Å². The first-order chi connectivity index (χ1) is 12.7. The van der Waals surface area contributed by atoms with Gasteiger partial charge in [-0.2, -0.15) is 0 Å². The summed E-state index contributed by atoms with van der Waals surface area (Å²) in [5.41, 5.74) is 0.582. The number of hydrogen-bond acceptors (Lipinski definition) is 5. The molecule has 5 heteroatoms. The molecule has 0 aromatic rings. The van der Waals surface area contributed by atoms with E-state index in [4.69, 9.17) is 0 Å². The number of aliphatic hydroxyl groups excluding tert-OH is 1. The van der Waals surface area contributed by atoms with E-state index in [0.29, 0.717) is 35.6 Å². The minimum absolute atomic E-state index is 0.221. The van der Waals surface area contributed by atoms with Crippen molar-refractivity contribution in [3.63, 3.8) is 0 Å². The number of nitrogens with one attached hydrogen (secondary N) is 2. The lowest BCUT2D eigenvalue weighted by molar-refractivity contribution is 0.142. The zero-order valence-corrected chi connectivity index (χ0v) is 18.5. The van der Waals surface area contributed by atoms with Crippen LogP contribution in [0.5, 0.6) is 0 Å². The van der Waals surface area contributed by atoms with Crippen LogP contribution in [-0.4, -0.2) is 83.4 Å². The van der Waals surface area contributed by atoms with Crippen LogP contribution < -0.4 is 10.6 Å². The third-order valence-electron chi connectivity index (χ3n) is 7.29. The molecule has 3 fully saturated rings. The van der Waals surface area contributed by atoms with Crippen molar-refractivity contribution in [3.05, 3.63) is 0 Å². The molecule has 3 N–H and O–H groups in total. The van der Waals surface area contributed by atoms with Crippen LogP contribution in [0.2, 0.25) is 0 Å². The fourth-order valence-corrected chi connectivity index (χ4v) is 5.17. The molecule has 0 amide bonds. The predicted octanol–water partition coefficient (Wildman–Crippen LogP) is 2.05. The minimum Gasteiger partial charge on any atom is -0.390 e. The van der Waals surface area contributed by atoms with E-state index in [1.54, 1.807) is 0 Å². The summed E-state index contributed by atoms with van der Waals surface area (Å²) in [4.78, 5) is 5.13. The largest absolute Gasteiger partial charge is 0.390 e. The molecule has 2 saturated heterocycles. The molecule has 27 heavy (non-hydrogen) atoms. The lowest BCUT2D eigenvalue weighted by Crippen LogP contribution is -2.44. The Labute approximate surface area is 167 Å². The smallest absolute Gasteiger partial charge is 0.0832 e. The van der Waals surface area contributed by atoms with Gasteiger partial charge in [0.2, 0.25) is 0 Å². The second-order valence-electron chi connectivity index (χ2n) is 10.4. The Morgan fingerprint density at radius 2 is 1.63 bits per heavy atom. The summed E-state index contributed by atoms with van der Waals surface area (Å²) < 4.78 is 0. The van der Waals surface area contributed by atoms with Gasteiger partial charge in [-0.05, 0) is 58.8 Å². The molecule has 0 aromatic heterocycles. The lowest BCUT2D eigenvalue weighted by atomic mass is 9.98. The molecule has 2 unspecified atom stereocenters. The van der Waals surface area contributed by atoms with Crippen LogP contribution in [0.15, 0.2) is 0 Å². The second kappa shape index (κ2) is 8.66. The highest BCUT2D eigenvalue weighted by molar-refractivity contribution is 5.10. The molecule has 2 aliphatic heterocycles. The van der Waals surface area contributed by atoms with Crippen molar-refractivity contribution in [1.82, 2.24) is 20.4 Å². The normalized spacial score (nSPS) is 33.4. The fourth-order valence-electron chi connectivity index (χ4n) is 5.17. The summed E-state index contributed by atoms with van der Waals surface area (Å²) in [6, 6.07) is 3.10. The van der Waals surface area contributed by atoms with E-state index in [9.17, 15) is 5.11 Å². The van der Waals surface area contributed by atoms with Gasteiger partial charge in [-0.25, -0.2) is 0 Å². The fraction of sp³-hybridized carbons (Fsp3) is 1.00. The molecule has 0 aromatic carbocycles. The van der Waals surface area contributed by atoms with Gasteiger partial charge in [0.1, 0.15) is 0 Å². The third-order valence-corrected chi connectivity index (χ3v) is 7.29. The maximum Gasteiger partial charge on any atom is 0.0832 e. The van der Waals surface area contributed by atoms with E-state index in [0.717, 1.165) is 13.1 Å². The van der Waals surface area contributed by atoms with Crippen LogP contribution >= 0.6 is 0 Å². The maximum atomic E-state index is 10.3. The Hall–Kier alpha value is -0.200. The van der Waals surface area contributed by atoms with Crippen molar-refractivity contribution in [2.45, 2.75) is 110 Å². The Kier molecular flexibility index (Phi) is 6.90. The van der Waals surface area contributed by atoms with E-state index in [1.165, 1.54) is 38.8 Å². The summed E-state index contributed by atoms with van der Waals surface area (Å²) in [5, 5.41) is 17.8. The zero-order valence-electron chi connectivity index (χ0n) is 18.5. The number of hydrogen-bond donors (Lipinski definition) is 3. The number of β-amino-alcohol motifs (C(OH)–C–C–N with tert-alkyl or cyclic N) is 1. The van der Waals surface area contributed by atoms with Crippen molar-refractivity contribution in [1.29, 1.82) is 0 Å². The van der Waals surface area contributed by atoms with Gasteiger partial charge in [0.15, 0.2) is 0 Å². The Bertz CT molecular complexity index is 479. The molecule has 3 aliphatic rings. The monoisotopic (exact) mass is 380 g/mol. The Morgan fingerprint density at radius 3 is 2.22 bits per heavy atom. The summed E-state index contributed by atoms with van der Waals surface area (Å²) in [6.45, 7) is 18.0. The van der Waals surface area contributed by atoms with Crippen LogP contribution in [0.25, 0.3) is 0 Å². The van der Waals surface area contributed by atoms with Gasteiger partial charge in [0.05, 0.1) is 6.10 Å². The molecule has 2 heterocycles. The molecular weight excluding hydrogens is 336 g/mol. The van der Waals surface area contributed by atoms with Crippen molar-refractivity contribution >= 4 is 0 Å². The first kappa shape index (κ1) is 21.5. The van der Waals surface area contributed by atoms with Crippen LogP contribution in [0.3, 0.4) is 0 Å². The molecule has 5 nitrogen and oxygen atoms in total. The molecular formula is C22H44N4O. The number of rotatable bonds is 9. The predicted molar refractivity (Wildman–Crippen MR) is 113 cm³/mol. The highest BCUT2D eigenvalue weighted by Crippen LogP contribution is 2.53. The van der Waals surface area contributed by atoms with Crippen LogP contribution in [0.1, 0.15) is 67.2 Å². The Morgan fingerprint density at radius 1 is 0.926 bits per heavy atom. The van der Waals surface area contributed by atoms with E-state index in [-0.39, 0.29) is 12.1 Å². The Balaban J connectivity index is 1.41. The highest BCUT2D eigenvalue weighted by atomic mass is 16.3. The zero-order chi connectivity index (χ0) is 19.8. The number of likely N-dealkylation sites (tertiary alicyclic amines) is 2. The number of nitrogens with zero attached hydrogens (tertiary/aromatic N) is 2. The van der Waals surface area contributed by atoms with Gasteiger partial charge in [-0.3, -0.25) is 9.80 Å². The van der Waals surface area contributed by atoms with E-state index in [2.05, 4.69) is 62.0 Å². The SMILES string of the molecule is CC(C)N[C@H]1CN(C(C)CCC(C)N[C@H]2CN(C(C)C)CC23CC3)C[C@@H]1O. The van der Waals surface area contributed by atoms with Gasteiger partial charge < -0.3 is 15.7 Å². The maximum absolute atomic E-state index is 10.3. The summed E-state index contributed by atoms with van der Waals surface area (Å²) in [6.07, 6.45) is 4.99. The van der Waals surface area contributed by atoms with E-state index >= 15 is 0 Å².